The normalized spacial score (nSPS) is 15.8. The highest BCUT2D eigenvalue weighted by Gasteiger charge is 2.23. The van der Waals surface area contributed by atoms with Gasteiger partial charge >= 0.3 is 0 Å². The highest BCUT2D eigenvalue weighted by Crippen LogP contribution is 2.31. The molecule has 2 nitrogen and oxygen atoms in total. The van der Waals surface area contributed by atoms with Gasteiger partial charge in [-0.15, -0.1) is 0 Å². The number of benzene rings is 1. The van der Waals surface area contributed by atoms with Gasteiger partial charge in [0.05, 0.1) is 5.02 Å². The first kappa shape index (κ1) is 15.4. The molecule has 0 amide bonds. The first-order valence-electron chi connectivity index (χ1n) is 7.63. The summed E-state index contributed by atoms with van der Waals surface area (Å²) in [7, 11) is 0. The minimum atomic E-state index is 0.560. The third-order valence-electron chi connectivity index (χ3n) is 4.16. The summed E-state index contributed by atoms with van der Waals surface area (Å²) in [6, 6.07) is 6.45. The van der Waals surface area contributed by atoms with Crippen molar-refractivity contribution in [3.05, 3.63) is 28.8 Å². The van der Waals surface area contributed by atoms with E-state index in [1.165, 1.54) is 32.1 Å². The molecule has 1 aromatic carbocycles. The second-order valence-corrected chi connectivity index (χ2v) is 6.55. The summed E-state index contributed by atoms with van der Waals surface area (Å²) in [6.45, 7) is 5.59. The Balaban J connectivity index is 2.20. The number of carbonyl (C=O) groups is 1. The summed E-state index contributed by atoms with van der Waals surface area (Å²) < 4.78 is 0. The second kappa shape index (κ2) is 7.12. The highest BCUT2D eigenvalue weighted by molar-refractivity contribution is 6.33. The molecule has 1 aromatic rings. The van der Waals surface area contributed by atoms with Gasteiger partial charge in [0.25, 0.3) is 0 Å². The molecule has 0 aliphatic heterocycles. The lowest BCUT2D eigenvalue weighted by atomic mass is 10.1. The molecule has 1 fully saturated rings. The largest absolute Gasteiger partial charge is 0.368 e. The van der Waals surface area contributed by atoms with E-state index < -0.39 is 0 Å². The molecule has 0 saturated heterocycles. The van der Waals surface area contributed by atoms with Gasteiger partial charge in [-0.05, 0) is 43.4 Å². The lowest BCUT2D eigenvalue weighted by Gasteiger charge is -2.32. The summed E-state index contributed by atoms with van der Waals surface area (Å²) in [5.74, 6) is 0.698. The van der Waals surface area contributed by atoms with E-state index in [-0.39, 0.29) is 0 Å². The number of rotatable bonds is 6. The van der Waals surface area contributed by atoms with Gasteiger partial charge in [0.15, 0.2) is 6.29 Å². The lowest BCUT2D eigenvalue weighted by molar-refractivity contribution is 0.112. The van der Waals surface area contributed by atoms with Crippen molar-refractivity contribution in [1.82, 2.24) is 0 Å². The van der Waals surface area contributed by atoms with Crippen molar-refractivity contribution in [3.63, 3.8) is 0 Å². The molecule has 1 saturated carbocycles. The van der Waals surface area contributed by atoms with Crippen LogP contribution in [0.1, 0.15) is 56.3 Å². The molecule has 0 spiro atoms. The Morgan fingerprint density at radius 2 is 2.05 bits per heavy atom. The monoisotopic (exact) mass is 293 g/mol. The summed E-state index contributed by atoms with van der Waals surface area (Å²) in [5, 5.41) is 0.560. The van der Waals surface area contributed by atoms with Gasteiger partial charge < -0.3 is 4.90 Å². The van der Waals surface area contributed by atoms with Crippen molar-refractivity contribution in [1.29, 1.82) is 0 Å². The van der Waals surface area contributed by atoms with Gasteiger partial charge in [-0.2, -0.15) is 0 Å². The van der Waals surface area contributed by atoms with Crippen LogP contribution in [0.5, 0.6) is 0 Å². The molecule has 0 atom stereocenters. The average molecular weight is 294 g/mol. The van der Waals surface area contributed by atoms with Crippen LogP contribution in [0.3, 0.4) is 0 Å². The van der Waals surface area contributed by atoms with E-state index in [1.54, 1.807) is 0 Å². The minimum absolute atomic E-state index is 0.560. The van der Waals surface area contributed by atoms with E-state index in [4.69, 9.17) is 11.6 Å². The van der Waals surface area contributed by atoms with Gasteiger partial charge in [-0.1, -0.05) is 38.3 Å². The van der Waals surface area contributed by atoms with Gasteiger partial charge in [-0.3, -0.25) is 4.79 Å². The SMILES string of the molecule is CC(C)CCN(c1ccc(C=O)c(Cl)c1)C1CCCC1. The molecule has 2 rings (SSSR count). The van der Waals surface area contributed by atoms with Gasteiger partial charge in [-0.25, -0.2) is 0 Å². The molecule has 20 heavy (non-hydrogen) atoms. The van der Waals surface area contributed by atoms with Crippen molar-refractivity contribution in [3.8, 4) is 0 Å². The van der Waals surface area contributed by atoms with Crippen molar-refractivity contribution in [2.75, 3.05) is 11.4 Å². The third-order valence-corrected chi connectivity index (χ3v) is 4.48. The maximum absolute atomic E-state index is 10.9. The number of halogens is 1. The Kier molecular flexibility index (Phi) is 5.47. The van der Waals surface area contributed by atoms with Crippen LogP contribution in [-0.2, 0) is 0 Å². The van der Waals surface area contributed by atoms with Crippen LogP contribution in [0.25, 0.3) is 0 Å². The quantitative estimate of drug-likeness (QED) is 0.692. The molecular formula is C17H24ClNO. The zero-order valence-electron chi connectivity index (χ0n) is 12.4. The highest BCUT2D eigenvalue weighted by atomic mass is 35.5. The molecular weight excluding hydrogens is 270 g/mol. The van der Waals surface area contributed by atoms with Crippen molar-refractivity contribution >= 4 is 23.6 Å². The van der Waals surface area contributed by atoms with Crippen molar-refractivity contribution in [2.24, 2.45) is 5.92 Å². The maximum Gasteiger partial charge on any atom is 0.151 e. The number of aldehydes is 1. The predicted molar refractivity (Wildman–Crippen MR) is 85.9 cm³/mol. The Hall–Kier alpha value is -1.02. The molecule has 0 bridgehead atoms. The molecule has 1 aliphatic carbocycles. The summed E-state index contributed by atoms with van der Waals surface area (Å²) in [5.41, 5.74) is 1.73. The van der Waals surface area contributed by atoms with Crippen LogP contribution in [0, 0.1) is 5.92 Å². The molecule has 0 heterocycles. The Bertz CT molecular complexity index is 452. The van der Waals surface area contributed by atoms with E-state index in [0.29, 0.717) is 22.5 Å². The molecule has 0 aromatic heterocycles. The summed E-state index contributed by atoms with van der Waals surface area (Å²) >= 11 is 6.19. The maximum atomic E-state index is 10.9. The van der Waals surface area contributed by atoms with E-state index in [1.807, 2.05) is 18.2 Å². The molecule has 3 heteroatoms. The number of hydrogen-bond acceptors (Lipinski definition) is 2. The zero-order chi connectivity index (χ0) is 14.5. The van der Waals surface area contributed by atoms with Crippen LogP contribution in [0.15, 0.2) is 18.2 Å². The van der Waals surface area contributed by atoms with Crippen LogP contribution >= 0.6 is 11.6 Å². The van der Waals surface area contributed by atoms with Crippen LogP contribution in [0.2, 0.25) is 5.02 Å². The molecule has 1 aliphatic rings. The van der Waals surface area contributed by atoms with Crippen molar-refractivity contribution < 1.29 is 4.79 Å². The van der Waals surface area contributed by atoms with E-state index in [9.17, 15) is 4.79 Å². The van der Waals surface area contributed by atoms with Gasteiger partial charge in [0.1, 0.15) is 0 Å². The number of nitrogens with zero attached hydrogens (tertiary/aromatic N) is 1. The Morgan fingerprint density at radius 3 is 2.60 bits per heavy atom. The van der Waals surface area contributed by atoms with Gasteiger partial charge in [0, 0.05) is 23.8 Å². The standard InChI is InChI=1S/C17H24ClNO/c1-13(2)9-10-19(15-5-3-4-6-15)16-8-7-14(12-20)17(18)11-16/h7-8,11-13,15H,3-6,9-10H2,1-2H3. The third kappa shape index (κ3) is 3.76. The molecule has 0 radical (unpaired) electrons. The van der Waals surface area contributed by atoms with E-state index >= 15 is 0 Å². The molecule has 0 unspecified atom stereocenters. The zero-order valence-corrected chi connectivity index (χ0v) is 13.2. The number of hydrogen-bond donors (Lipinski definition) is 0. The topological polar surface area (TPSA) is 20.3 Å². The van der Waals surface area contributed by atoms with E-state index in [0.717, 1.165) is 18.5 Å². The summed E-state index contributed by atoms with van der Waals surface area (Å²) in [6.07, 6.45) is 7.19. The smallest absolute Gasteiger partial charge is 0.151 e. The van der Waals surface area contributed by atoms with Crippen LogP contribution in [0.4, 0.5) is 5.69 Å². The van der Waals surface area contributed by atoms with Crippen LogP contribution < -0.4 is 4.90 Å². The lowest BCUT2D eigenvalue weighted by Crippen LogP contribution is -2.34. The Morgan fingerprint density at radius 1 is 1.35 bits per heavy atom. The second-order valence-electron chi connectivity index (χ2n) is 6.14. The molecule has 0 N–H and O–H groups in total. The predicted octanol–water partition coefficient (Wildman–Crippen LogP) is 4.95. The van der Waals surface area contributed by atoms with Gasteiger partial charge in [0.2, 0.25) is 0 Å². The van der Waals surface area contributed by atoms with E-state index in [2.05, 4.69) is 18.7 Å². The fraction of sp³-hybridized carbons (Fsp3) is 0.588. The van der Waals surface area contributed by atoms with Crippen molar-refractivity contribution in [2.45, 2.75) is 52.0 Å². The Labute approximate surface area is 127 Å². The average Bonchev–Trinajstić information content (AvgIpc) is 2.93. The first-order chi connectivity index (χ1) is 9.61. The molecule has 110 valence electrons. The number of anilines is 1. The summed E-state index contributed by atoms with van der Waals surface area (Å²) in [4.78, 5) is 13.4. The fourth-order valence-electron chi connectivity index (χ4n) is 2.93. The first-order valence-corrected chi connectivity index (χ1v) is 8.01. The number of carbonyl (C=O) groups excluding carboxylic acids is 1. The fourth-order valence-corrected chi connectivity index (χ4v) is 3.15. The minimum Gasteiger partial charge on any atom is -0.368 e. The van der Waals surface area contributed by atoms with Crippen LogP contribution in [-0.4, -0.2) is 18.9 Å².